The highest BCUT2D eigenvalue weighted by Gasteiger charge is 2.21. The number of amides is 1. The Morgan fingerprint density at radius 2 is 2.53 bits per heavy atom. The Morgan fingerprint density at radius 1 is 1.71 bits per heavy atom. The average Bonchev–Trinajstić information content (AvgIpc) is 2.35. The van der Waals surface area contributed by atoms with Crippen molar-refractivity contribution in [2.75, 3.05) is 25.0 Å². The molecule has 0 bridgehead atoms. The van der Waals surface area contributed by atoms with Gasteiger partial charge in [0, 0.05) is 13.1 Å². The topological polar surface area (TPSA) is 63.2 Å². The van der Waals surface area contributed by atoms with Crippen LogP contribution in [0.5, 0.6) is 0 Å². The number of hydrogen-bond donors (Lipinski definition) is 2. The second kappa shape index (κ2) is 5.44. The number of aryl methyl sites for hydroxylation is 1. The van der Waals surface area contributed by atoms with Crippen LogP contribution in [0.1, 0.15) is 5.56 Å². The molecule has 1 aromatic heterocycles. The number of aromatic nitrogens is 1. The molecule has 1 aromatic rings. The second-order valence-electron chi connectivity index (χ2n) is 3.88. The lowest BCUT2D eigenvalue weighted by molar-refractivity contribution is -0.128. The molecule has 0 radical (unpaired) electrons. The normalized spacial score (nSPS) is 20.0. The molecule has 2 heterocycles. The number of pyridine rings is 1. The van der Waals surface area contributed by atoms with E-state index in [-0.39, 0.29) is 5.91 Å². The third kappa shape index (κ3) is 3.15. The van der Waals surface area contributed by atoms with E-state index in [1.807, 2.05) is 6.92 Å². The molecule has 5 nitrogen and oxygen atoms in total. The first-order valence-corrected chi connectivity index (χ1v) is 5.80. The Kier molecular flexibility index (Phi) is 3.93. The molecule has 1 aliphatic heterocycles. The van der Waals surface area contributed by atoms with Crippen LogP contribution in [0, 0.1) is 6.92 Å². The van der Waals surface area contributed by atoms with Crippen molar-refractivity contribution in [2.24, 2.45) is 0 Å². The molecule has 2 N–H and O–H groups in total. The van der Waals surface area contributed by atoms with E-state index in [9.17, 15) is 4.79 Å². The summed E-state index contributed by atoms with van der Waals surface area (Å²) in [6, 6.07) is 1.78. The number of carbonyl (C=O) groups excluding carboxylic acids is 1. The Morgan fingerprint density at radius 3 is 3.18 bits per heavy atom. The number of ether oxygens (including phenoxy) is 1. The average molecular weight is 256 g/mol. The van der Waals surface area contributed by atoms with Crippen molar-refractivity contribution < 1.29 is 9.53 Å². The maximum absolute atomic E-state index is 11.8. The van der Waals surface area contributed by atoms with Crippen LogP contribution in [0.3, 0.4) is 0 Å². The highest BCUT2D eigenvalue weighted by Crippen LogP contribution is 2.16. The number of hydrogen-bond acceptors (Lipinski definition) is 4. The SMILES string of the molecule is Cc1cc(NC(=O)C2CNCCO2)cnc1Cl. The fraction of sp³-hybridized carbons (Fsp3) is 0.455. The minimum atomic E-state index is -0.445. The van der Waals surface area contributed by atoms with Gasteiger partial charge >= 0.3 is 0 Å². The van der Waals surface area contributed by atoms with E-state index < -0.39 is 6.10 Å². The molecule has 0 aliphatic carbocycles. The molecule has 2 rings (SSSR count). The predicted octanol–water partition coefficient (Wildman–Crippen LogP) is 0.970. The molecular weight excluding hydrogens is 242 g/mol. The monoisotopic (exact) mass is 255 g/mol. The lowest BCUT2D eigenvalue weighted by Crippen LogP contribution is -2.45. The minimum absolute atomic E-state index is 0.166. The maximum atomic E-state index is 11.8. The van der Waals surface area contributed by atoms with Gasteiger partial charge in [0.05, 0.1) is 18.5 Å². The standard InChI is InChI=1S/C11H14ClN3O2/c1-7-4-8(5-14-10(7)12)15-11(16)9-6-13-2-3-17-9/h4-5,9,13H,2-3,6H2,1H3,(H,15,16). The van der Waals surface area contributed by atoms with Gasteiger partial charge in [0.25, 0.3) is 5.91 Å². The molecule has 1 amide bonds. The summed E-state index contributed by atoms with van der Waals surface area (Å²) in [6.07, 6.45) is 1.09. The summed E-state index contributed by atoms with van der Waals surface area (Å²) in [6.45, 7) is 3.71. The second-order valence-corrected chi connectivity index (χ2v) is 4.24. The number of nitrogens with zero attached hydrogens (tertiary/aromatic N) is 1. The zero-order valence-corrected chi connectivity index (χ0v) is 10.3. The van der Waals surface area contributed by atoms with Gasteiger partial charge in [-0.1, -0.05) is 11.6 Å². The van der Waals surface area contributed by atoms with Gasteiger partial charge < -0.3 is 15.4 Å². The Labute approximate surface area is 105 Å². The van der Waals surface area contributed by atoms with Gasteiger partial charge in [0.2, 0.25) is 0 Å². The zero-order chi connectivity index (χ0) is 12.3. The maximum Gasteiger partial charge on any atom is 0.254 e. The zero-order valence-electron chi connectivity index (χ0n) is 9.50. The molecular formula is C11H14ClN3O2. The van der Waals surface area contributed by atoms with Crippen LogP contribution in [0.15, 0.2) is 12.3 Å². The molecule has 1 unspecified atom stereocenters. The summed E-state index contributed by atoms with van der Waals surface area (Å²) in [5.41, 5.74) is 1.46. The molecule has 1 fully saturated rings. The summed E-state index contributed by atoms with van der Waals surface area (Å²) < 4.78 is 5.34. The van der Waals surface area contributed by atoms with Crippen LogP contribution in [-0.2, 0) is 9.53 Å². The van der Waals surface area contributed by atoms with Crippen molar-refractivity contribution in [2.45, 2.75) is 13.0 Å². The number of morpholine rings is 1. The minimum Gasteiger partial charge on any atom is -0.366 e. The molecule has 92 valence electrons. The summed E-state index contributed by atoms with van der Waals surface area (Å²) in [5, 5.41) is 6.30. The van der Waals surface area contributed by atoms with Gasteiger partial charge in [-0.15, -0.1) is 0 Å². The van der Waals surface area contributed by atoms with E-state index in [2.05, 4.69) is 15.6 Å². The Balaban J connectivity index is 1.99. The highest BCUT2D eigenvalue weighted by molar-refractivity contribution is 6.30. The van der Waals surface area contributed by atoms with Gasteiger partial charge in [-0.25, -0.2) is 4.98 Å². The Bertz CT molecular complexity index is 419. The van der Waals surface area contributed by atoms with Crippen molar-refractivity contribution in [3.63, 3.8) is 0 Å². The predicted molar refractivity (Wildman–Crippen MR) is 65.2 cm³/mol. The first kappa shape index (κ1) is 12.3. The van der Waals surface area contributed by atoms with Gasteiger partial charge in [0.1, 0.15) is 11.3 Å². The van der Waals surface area contributed by atoms with Gasteiger partial charge in [0.15, 0.2) is 0 Å². The van der Waals surface area contributed by atoms with Crippen LogP contribution in [0.25, 0.3) is 0 Å². The van der Waals surface area contributed by atoms with Crippen molar-refractivity contribution >= 4 is 23.2 Å². The highest BCUT2D eigenvalue weighted by atomic mass is 35.5. The summed E-state index contributed by atoms with van der Waals surface area (Å²) >= 11 is 5.81. The third-order valence-corrected chi connectivity index (χ3v) is 2.90. The molecule has 0 spiro atoms. The number of rotatable bonds is 2. The van der Waals surface area contributed by atoms with Crippen LogP contribution < -0.4 is 10.6 Å². The Hall–Kier alpha value is -1.17. The molecule has 0 aromatic carbocycles. The quantitative estimate of drug-likeness (QED) is 0.773. The van der Waals surface area contributed by atoms with E-state index in [1.54, 1.807) is 6.07 Å². The largest absolute Gasteiger partial charge is 0.366 e. The van der Waals surface area contributed by atoms with E-state index in [4.69, 9.17) is 16.3 Å². The van der Waals surface area contributed by atoms with Gasteiger partial charge in [-0.05, 0) is 18.6 Å². The number of nitrogens with one attached hydrogen (secondary N) is 2. The van der Waals surface area contributed by atoms with E-state index in [0.717, 1.165) is 12.1 Å². The molecule has 0 saturated carbocycles. The van der Waals surface area contributed by atoms with Crippen molar-refractivity contribution in [3.05, 3.63) is 23.0 Å². The summed E-state index contributed by atoms with van der Waals surface area (Å²) in [5.74, 6) is -0.166. The molecule has 1 saturated heterocycles. The summed E-state index contributed by atoms with van der Waals surface area (Å²) in [7, 11) is 0. The molecule has 17 heavy (non-hydrogen) atoms. The molecule has 1 aliphatic rings. The van der Waals surface area contributed by atoms with Gasteiger partial charge in [-0.2, -0.15) is 0 Å². The fourth-order valence-corrected chi connectivity index (χ4v) is 1.69. The number of anilines is 1. The molecule has 6 heteroatoms. The lowest BCUT2D eigenvalue weighted by atomic mass is 10.2. The van der Waals surface area contributed by atoms with Crippen LogP contribution in [0.2, 0.25) is 5.15 Å². The molecule has 1 atom stereocenters. The first-order chi connectivity index (χ1) is 8.16. The first-order valence-electron chi connectivity index (χ1n) is 5.42. The van der Waals surface area contributed by atoms with E-state index in [0.29, 0.717) is 24.0 Å². The lowest BCUT2D eigenvalue weighted by Gasteiger charge is -2.22. The van der Waals surface area contributed by atoms with Crippen LogP contribution in [0.4, 0.5) is 5.69 Å². The van der Waals surface area contributed by atoms with Crippen molar-refractivity contribution in [3.8, 4) is 0 Å². The van der Waals surface area contributed by atoms with E-state index in [1.165, 1.54) is 6.20 Å². The van der Waals surface area contributed by atoms with Crippen molar-refractivity contribution in [1.29, 1.82) is 0 Å². The van der Waals surface area contributed by atoms with E-state index >= 15 is 0 Å². The summed E-state index contributed by atoms with van der Waals surface area (Å²) in [4.78, 5) is 15.8. The third-order valence-electron chi connectivity index (χ3n) is 2.50. The fourth-order valence-electron chi connectivity index (χ4n) is 1.58. The van der Waals surface area contributed by atoms with Gasteiger partial charge in [-0.3, -0.25) is 4.79 Å². The smallest absolute Gasteiger partial charge is 0.254 e. The van der Waals surface area contributed by atoms with Crippen LogP contribution >= 0.6 is 11.6 Å². The van der Waals surface area contributed by atoms with Crippen LogP contribution in [-0.4, -0.2) is 36.7 Å². The number of carbonyl (C=O) groups is 1. The van der Waals surface area contributed by atoms with Crippen molar-refractivity contribution in [1.82, 2.24) is 10.3 Å². The number of halogens is 1.